The summed E-state index contributed by atoms with van der Waals surface area (Å²) >= 11 is 2.87. The van der Waals surface area contributed by atoms with Crippen molar-refractivity contribution in [1.82, 2.24) is 25.4 Å². The minimum absolute atomic E-state index is 0.0909. The molecule has 0 bridgehead atoms. The predicted molar refractivity (Wildman–Crippen MR) is 105 cm³/mol. The molecule has 3 rings (SSSR count). The van der Waals surface area contributed by atoms with Crippen molar-refractivity contribution in [1.29, 1.82) is 0 Å². The summed E-state index contributed by atoms with van der Waals surface area (Å²) in [7, 11) is 0. The van der Waals surface area contributed by atoms with Gasteiger partial charge in [0.25, 0.3) is 0 Å². The molecule has 146 valence electrons. The zero-order valence-electron chi connectivity index (χ0n) is 15.1. The number of hydrogen-bond acceptors (Lipinski definition) is 7. The van der Waals surface area contributed by atoms with E-state index < -0.39 is 6.03 Å². The minimum Gasteiger partial charge on any atom is -0.376 e. The summed E-state index contributed by atoms with van der Waals surface area (Å²) in [6.07, 6.45) is 3.00. The molecule has 1 fully saturated rings. The second kappa shape index (κ2) is 9.86. The van der Waals surface area contributed by atoms with E-state index in [1.54, 1.807) is 11.3 Å². The van der Waals surface area contributed by atoms with Gasteiger partial charge in [-0.3, -0.25) is 14.7 Å². The van der Waals surface area contributed by atoms with Crippen LogP contribution >= 0.6 is 23.1 Å². The van der Waals surface area contributed by atoms with Crippen LogP contribution in [0.2, 0.25) is 0 Å². The minimum atomic E-state index is -0.470. The smallest absolute Gasteiger partial charge is 0.321 e. The van der Waals surface area contributed by atoms with Crippen molar-refractivity contribution < 1.29 is 14.3 Å². The Morgan fingerprint density at radius 3 is 3.04 bits per heavy atom. The summed E-state index contributed by atoms with van der Waals surface area (Å²) in [6.45, 7) is 3.91. The van der Waals surface area contributed by atoms with Gasteiger partial charge in [-0.25, -0.2) is 4.79 Å². The van der Waals surface area contributed by atoms with Crippen molar-refractivity contribution in [3.8, 4) is 10.7 Å². The maximum absolute atomic E-state index is 12.0. The molecule has 10 heteroatoms. The van der Waals surface area contributed by atoms with Crippen LogP contribution in [0.15, 0.2) is 22.7 Å². The number of hydrogen-bond donors (Lipinski definition) is 2. The fourth-order valence-corrected chi connectivity index (χ4v) is 4.18. The third-order valence-electron chi connectivity index (χ3n) is 3.99. The van der Waals surface area contributed by atoms with Crippen molar-refractivity contribution in [2.75, 3.05) is 18.9 Å². The third kappa shape index (κ3) is 5.53. The number of urea groups is 1. The maximum atomic E-state index is 12.0. The highest BCUT2D eigenvalue weighted by Gasteiger charge is 2.22. The van der Waals surface area contributed by atoms with E-state index in [0.717, 1.165) is 36.6 Å². The highest BCUT2D eigenvalue weighted by Crippen LogP contribution is 2.28. The molecule has 2 aromatic heterocycles. The van der Waals surface area contributed by atoms with Gasteiger partial charge < -0.3 is 10.1 Å². The number of carbonyl (C=O) groups excluding carboxylic acids is 2. The molecule has 3 heterocycles. The number of aromatic nitrogens is 3. The van der Waals surface area contributed by atoms with Crippen LogP contribution in [0.3, 0.4) is 0 Å². The zero-order chi connectivity index (χ0) is 19.1. The summed E-state index contributed by atoms with van der Waals surface area (Å²) in [5.41, 5.74) is 0. The average molecular weight is 410 g/mol. The quantitative estimate of drug-likeness (QED) is 0.650. The standard InChI is InChI=1S/C17H23N5O3S2/c1-2-7-18-16(24)19-14(23)11-27-17-21-20-15(13-6-4-9-26-13)22(17)10-12-5-3-8-25-12/h4,6,9,12H,2-3,5,7-8,10-11H2,1H3,(H2,18,19,23,24). The molecule has 3 amide bonds. The highest BCUT2D eigenvalue weighted by atomic mass is 32.2. The lowest BCUT2D eigenvalue weighted by molar-refractivity contribution is -0.117. The Labute approximate surface area is 166 Å². The van der Waals surface area contributed by atoms with Crippen LogP contribution in [0, 0.1) is 0 Å². The van der Waals surface area contributed by atoms with Gasteiger partial charge in [-0.15, -0.1) is 21.5 Å². The van der Waals surface area contributed by atoms with E-state index in [2.05, 4.69) is 20.8 Å². The van der Waals surface area contributed by atoms with Crippen molar-refractivity contribution in [2.45, 2.75) is 44.0 Å². The van der Waals surface area contributed by atoms with E-state index in [0.29, 0.717) is 18.2 Å². The molecule has 0 aliphatic carbocycles. The van der Waals surface area contributed by atoms with Gasteiger partial charge in [0.05, 0.1) is 23.3 Å². The normalized spacial score (nSPS) is 16.4. The van der Waals surface area contributed by atoms with Gasteiger partial charge in [0.15, 0.2) is 11.0 Å². The molecule has 0 spiro atoms. The molecule has 2 aromatic rings. The van der Waals surface area contributed by atoms with Crippen molar-refractivity contribution in [2.24, 2.45) is 0 Å². The Kier molecular flexibility index (Phi) is 7.25. The number of carbonyl (C=O) groups is 2. The SMILES string of the molecule is CCCNC(=O)NC(=O)CSc1nnc(-c2cccs2)n1CC1CCCO1. The summed E-state index contributed by atoms with van der Waals surface area (Å²) in [5, 5.41) is 16.2. The van der Waals surface area contributed by atoms with Gasteiger partial charge in [-0.2, -0.15) is 0 Å². The summed E-state index contributed by atoms with van der Waals surface area (Å²) in [6, 6.07) is 3.50. The van der Waals surface area contributed by atoms with Gasteiger partial charge in [0.1, 0.15) is 0 Å². The number of thioether (sulfide) groups is 1. The monoisotopic (exact) mass is 409 g/mol. The Hall–Kier alpha value is -1.91. The summed E-state index contributed by atoms with van der Waals surface area (Å²) < 4.78 is 7.77. The second-order valence-corrected chi connectivity index (χ2v) is 8.01. The number of nitrogens with one attached hydrogen (secondary N) is 2. The van der Waals surface area contributed by atoms with Crippen molar-refractivity contribution in [3.63, 3.8) is 0 Å². The first-order valence-electron chi connectivity index (χ1n) is 8.96. The number of thiophene rings is 1. The lowest BCUT2D eigenvalue weighted by Gasteiger charge is -2.14. The van der Waals surface area contributed by atoms with E-state index in [1.807, 2.05) is 29.0 Å². The Morgan fingerprint density at radius 2 is 2.33 bits per heavy atom. The van der Waals surface area contributed by atoms with Gasteiger partial charge in [-0.05, 0) is 30.7 Å². The molecule has 27 heavy (non-hydrogen) atoms. The molecule has 1 unspecified atom stereocenters. The lowest BCUT2D eigenvalue weighted by atomic mass is 10.2. The summed E-state index contributed by atoms with van der Waals surface area (Å²) in [4.78, 5) is 24.6. The van der Waals surface area contributed by atoms with E-state index in [4.69, 9.17) is 4.74 Å². The molecule has 8 nitrogen and oxygen atoms in total. The fourth-order valence-electron chi connectivity index (χ4n) is 2.72. The van der Waals surface area contributed by atoms with Crippen LogP contribution in [0.1, 0.15) is 26.2 Å². The molecule has 0 radical (unpaired) electrons. The molecule has 0 saturated carbocycles. The number of imide groups is 1. The van der Waals surface area contributed by atoms with Crippen LogP contribution in [0.5, 0.6) is 0 Å². The maximum Gasteiger partial charge on any atom is 0.321 e. The van der Waals surface area contributed by atoms with E-state index in [1.165, 1.54) is 11.8 Å². The topological polar surface area (TPSA) is 98.1 Å². The van der Waals surface area contributed by atoms with Gasteiger partial charge in [0.2, 0.25) is 5.91 Å². The van der Waals surface area contributed by atoms with E-state index in [-0.39, 0.29) is 17.8 Å². The van der Waals surface area contributed by atoms with Crippen molar-refractivity contribution >= 4 is 35.0 Å². The van der Waals surface area contributed by atoms with Crippen molar-refractivity contribution in [3.05, 3.63) is 17.5 Å². The van der Waals surface area contributed by atoms with Gasteiger partial charge in [-0.1, -0.05) is 24.8 Å². The van der Waals surface area contributed by atoms with Crippen LogP contribution in [-0.4, -0.2) is 51.7 Å². The Morgan fingerprint density at radius 1 is 1.44 bits per heavy atom. The summed E-state index contributed by atoms with van der Waals surface area (Å²) in [5.74, 6) is 0.509. The van der Waals surface area contributed by atoms with Crippen LogP contribution in [0.4, 0.5) is 4.79 Å². The first-order valence-corrected chi connectivity index (χ1v) is 10.8. The predicted octanol–water partition coefficient (Wildman–Crippen LogP) is 2.51. The number of nitrogens with zero attached hydrogens (tertiary/aromatic N) is 3. The molecular weight excluding hydrogens is 386 g/mol. The first kappa shape index (κ1) is 19.8. The van der Waals surface area contributed by atoms with E-state index >= 15 is 0 Å². The molecular formula is C17H23N5O3S2. The Balaban J connectivity index is 1.65. The van der Waals surface area contributed by atoms with Gasteiger partial charge >= 0.3 is 6.03 Å². The lowest BCUT2D eigenvalue weighted by Crippen LogP contribution is -2.40. The van der Waals surface area contributed by atoms with Crippen LogP contribution in [-0.2, 0) is 16.1 Å². The Bertz CT molecular complexity index is 757. The average Bonchev–Trinajstić information content (AvgIpc) is 3.40. The molecule has 1 atom stereocenters. The van der Waals surface area contributed by atoms with Crippen LogP contribution < -0.4 is 10.6 Å². The molecule has 1 saturated heterocycles. The molecule has 1 aliphatic rings. The van der Waals surface area contributed by atoms with Crippen LogP contribution in [0.25, 0.3) is 10.7 Å². The van der Waals surface area contributed by atoms with E-state index in [9.17, 15) is 9.59 Å². The molecule has 0 aromatic carbocycles. The first-order chi connectivity index (χ1) is 13.2. The number of ether oxygens (including phenoxy) is 1. The zero-order valence-corrected chi connectivity index (χ0v) is 16.8. The molecule has 1 aliphatic heterocycles. The third-order valence-corrected chi connectivity index (χ3v) is 5.82. The fraction of sp³-hybridized carbons (Fsp3) is 0.529. The number of rotatable bonds is 8. The highest BCUT2D eigenvalue weighted by molar-refractivity contribution is 7.99. The van der Waals surface area contributed by atoms with Gasteiger partial charge in [0, 0.05) is 13.2 Å². The molecule has 2 N–H and O–H groups in total. The largest absolute Gasteiger partial charge is 0.376 e. The number of amides is 3. The second-order valence-electron chi connectivity index (χ2n) is 6.12.